The number of nitrogens with zero attached hydrogens (tertiary/aromatic N) is 2. The number of hydrogen-bond donors (Lipinski definition) is 1. The molecule has 0 spiro atoms. The molecular formula is C24H32BrN3O4S. The van der Waals surface area contributed by atoms with Crippen LogP contribution in [0.2, 0.25) is 0 Å². The molecule has 1 N–H and O–H groups in total. The van der Waals surface area contributed by atoms with Crippen LogP contribution in [-0.2, 0) is 26.2 Å². The van der Waals surface area contributed by atoms with Gasteiger partial charge in [-0.25, -0.2) is 8.42 Å². The van der Waals surface area contributed by atoms with Crippen LogP contribution >= 0.6 is 15.9 Å². The first kappa shape index (κ1) is 27.0. The second-order valence-corrected chi connectivity index (χ2v) is 11.2. The molecule has 0 saturated carbocycles. The number of carbonyl (C=O) groups excluding carboxylic acids is 2. The molecule has 2 rings (SSSR count). The number of carbonyl (C=O) groups is 2. The summed E-state index contributed by atoms with van der Waals surface area (Å²) in [6.45, 7) is 7.17. The Balaban J connectivity index is 2.27. The molecule has 0 aliphatic rings. The second kappa shape index (κ2) is 11.8. The third-order valence-corrected chi connectivity index (χ3v) is 7.81. The summed E-state index contributed by atoms with van der Waals surface area (Å²) in [5, 5.41) is 2.90. The van der Waals surface area contributed by atoms with E-state index >= 15 is 0 Å². The zero-order valence-corrected chi connectivity index (χ0v) is 22.1. The Hall–Kier alpha value is -2.23. The fourth-order valence-corrected chi connectivity index (χ4v) is 4.70. The highest BCUT2D eigenvalue weighted by Gasteiger charge is 2.30. The van der Waals surface area contributed by atoms with Gasteiger partial charge in [0.25, 0.3) is 0 Å². The van der Waals surface area contributed by atoms with Crippen molar-refractivity contribution in [3.8, 4) is 0 Å². The molecule has 0 aliphatic heterocycles. The van der Waals surface area contributed by atoms with Gasteiger partial charge in [0, 0.05) is 24.1 Å². The molecule has 33 heavy (non-hydrogen) atoms. The van der Waals surface area contributed by atoms with Crippen molar-refractivity contribution in [3.63, 3.8) is 0 Å². The van der Waals surface area contributed by atoms with Crippen molar-refractivity contribution in [2.75, 3.05) is 13.6 Å². The summed E-state index contributed by atoms with van der Waals surface area (Å²) in [6, 6.07) is 13.1. The number of rotatable bonds is 10. The number of aryl methyl sites for hydroxylation is 1. The highest BCUT2D eigenvalue weighted by atomic mass is 79.9. The Kier molecular flexibility index (Phi) is 9.63. The fourth-order valence-electron chi connectivity index (χ4n) is 3.14. The van der Waals surface area contributed by atoms with E-state index in [-0.39, 0.29) is 29.9 Å². The minimum absolute atomic E-state index is 0.0349. The van der Waals surface area contributed by atoms with Gasteiger partial charge in [-0.05, 0) is 57.0 Å². The van der Waals surface area contributed by atoms with E-state index in [9.17, 15) is 18.0 Å². The van der Waals surface area contributed by atoms with Crippen molar-refractivity contribution in [2.24, 2.45) is 0 Å². The van der Waals surface area contributed by atoms with Crippen LogP contribution in [-0.4, -0.2) is 55.1 Å². The second-order valence-electron chi connectivity index (χ2n) is 8.22. The van der Waals surface area contributed by atoms with Gasteiger partial charge in [0.15, 0.2) is 0 Å². The maximum Gasteiger partial charge on any atom is 0.243 e. The molecule has 2 amide bonds. The van der Waals surface area contributed by atoms with Crippen LogP contribution in [0.25, 0.3) is 0 Å². The lowest BCUT2D eigenvalue weighted by Gasteiger charge is -2.31. The molecular weight excluding hydrogens is 506 g/mol. The normalized spacial score (nSPS) is 13.4. The van der Waals surface area contributed by atoms with E-state index < -0.39 is 22.0 Å². The van der Waals surface area contributed by atoms with Crippen molar-refractivity contribution >= 4 is 37.8 Å². The van der Waals surface area contributed by atoms with Crippen LogP contribution in [0.15, 0.2) is 57.9 Å². The molecule has 0 saturated heterocycles. The minimum atomic E-state index is -3.86. The number of halogens is 1. The summed E-state index contributed by atoms with van der Waals surface area (Å²) in [5.41, 5.74) is 1.76. The number of hydrogen-bond acceptors (Lipinski definition) is 4. The first-order valence-electron chi connectivity index (χ1n) is 10.8. The molecule has 7 nitrogen and oxygen atoms in total. The predicted octanol–water partition coefficient (Wildman–Crippen LogP) is 3.71. The molecule has 180 valence electrons. The van der Waals surface area contributed by atoms with Gasteiger partial charge in [0.05, 0.1) is 11.4 Å². The summed E-state index contributed by atoms with van der Waals surface area (Å²) < 4.78 is 27.8. The Morgan fingerprint density at radius 2 is 1.73 bits per heavy atom. The van der Waals surface area contributed by atoms with Crippen LogP contribution < -0.4 is 5.32 Å². The van der Waals surface area contributed by atoms with E-state index in [0.29, 0.717) is 0 Å². The Morgan fingerprint density at radius 1 is 1.09 bits per heavy atom. The minimum Gasteiger partial charge on any atom is -0.352 e. The number of benzene rings is 2. The van der Waals surface area contributed by atoms with E-state index in [1.807, 2.05) is 45.0 Å². The van der Waals surface area contributed by atoms with E-state index in [2.05, 4.69) is 21.2 Å². The van der Waals surface area contributed by atoms with E-state index in [0.717, 1.165) is 26.3 Å². The summed E-state index contributed by atoms with van der Waals surface area (Å²) in [4.78, 5) is 27.6. The molecule has 9 heteroatoms. The summed E-state index contributed by atoms with van der Waals surface area (Å²) in [5.74, 6) is -0.739. The molecule has 0 bridgehead atoms. The smallest absolute Gasteiger partial charge is 0.243 e. The molecule has 2 aromatic rings. The van der Waals surface area contributed by atoms with Crippen LogP contribution in [0.3, 0.4) is 0 Å². The van der Waals surface area contributed by atoms with Crippen LogP contribution in [0, 0.1) is 6.92 Å². The largest absolute Gasteiger partial charge is 0.352 e. The first-order valence-corrected chi connectivity index (χ1v) is 13.1. The van der Waals surface area contributed by atoms with Gasteiger partial charge in [-0.2, -0.15) is 4.31 Å². The zero-order valence-electron chi connectivity index (χ0n) is 19.7. The average molecular weight is 539 g/mol. The van der Waals surface area contributed by atoms with Gasteiger partial charge in [0.2, 0.25) is 21.8 Å². The summed E-state index contributed by atoms with van der Waals surface area (Å²) in [7, 11) is -2.49. The van der Waals surface area contributed by atoms with Crippen LogP contribution in [0.4, 0.5) is 0 Å². The number of likely N-dealkylation sites (N-methyl/N-ethyl adjacent to an activating group) is 1. The van der Waals surface area contributed by atoms with Gasteiger partial charge in [-0.1, -0.05) is 52.7 Å². The van der Waals surface area contributed by atoms with Gasteiger partial charge in [-0.15, -0.1) is 0 Å². The Morgan fingerprint density at radius 3 is 2.30 bits per heavy atom. The Labute approximate surface area is 205 Å². The van der Waals surface area contributed by atoms with Gasteiger partial charge < -0.3 is 10.2 Å². The predicted molar refractivity (Wildman–Crippen MR) is 133 cm³/mol. The number of amides is 2. The lowest BCUT2D eigenvalue weighted by molar-refractivity contribution is -0.140. The maximum absolute atomic E-state index is 13.3. The molecule has 0 aliphatic carbocycles. The molecule has 0 heterocycles. The monoisotopic (exact) mass is 537 g/mol. The van der Waals surface area contributed by atoms with Crippen molar-refractivity contribution in [1.82, 2.24) is 14.5 Å². The Bertz CT molecular complexity index is 1070. The van der Waals surface area contributed by atoms with Gasteiger partial charge in [0.1, 0.15) is 6.04 Å². The third-order valence-electron chi connectivity index (χ3n) is 5.50. The van der Waals surface area contributed by atoms with Crippen molar-refractivity contribution < 1.29 is 18.0 Å². The molecule has 2 aromatic carbocycles. The van der Waals surface area contributed by atoms with Gasteiger partial charge >= 0.3 is 0 Å². The summed E-state index contributed by atoms with van der Waals surface area (Å²) in [6.07, 6.45) is 0.759. The van der Waals surface area contributed by atoms with Crippen molar-refractivity contribution in [1.29, 1.82) is 0 Å². The van der Waals surface area contributed by atoms with Crippen LogP contribution in [0.1, 0.15) is 38.3 Å². The molecule has 0 unspecified atom stereocenters. The first-order chi connectivity index (χ1) is 15.4. The standard InChI is InChI=1S/C24H32BrN3O4S/c1-6-18(3)26-24(30)19(4)28(15-20-8-7-9-21(25)14-20)23(29)16-27(5)33(31,32)22-12-10-17(2)11-13-22/h7-14,18-19H,6,15-16H2,1-5H3,(H,26,30)/t18-,19+/m1/s1. The van der Waals surface area contributed by atoms with Crippen molar-refractivity contribution in [3.05, 3.63) is 64.1 Å². The number of nitrogens with one attached hydrogen (secondary N) is 1. The summed E-state index contributed by atoms with van der Waals surface area (Å²) >= 11 is 3.42. The molecule has 0 aromatic heterocycles. The maximum atomic E-state index is 13.3. The molecule has 0 radical (unpaired) electrons. The molecule has 2 atom stereocenters. The topological polar surface area (TPSA) is 86.8 Å². The van der Waals surface area contributed by atoms with E-state index in [1.165, 1.54) is 24.1 Å². The highest BCUT2D eigenvalue weighted by Crippen LogP contribution is 2.18. The lowest BCUT2D eigenvalue weighted by atomic mass is 10.1. The average Bonchev–Trinajstić information content (AvgIpc) is 2.77. The lowest BCUT2D eigenvalue weighted by Crippen LogP contribution is -2.51. The highest BCUT2D eigenvalue weighted by molar-refractivity contribution is 9.10. The van der Waals surface area contributed by atoms with Gasteiger partial charge in [-0.3, -0.25) is 9.59 Å². The van der Waals surface area contributed by atoms with Crippen molar-refractivity contribution in [2.45, 2.75) is 57.6 Å². The third kappa shape index (κ3) is 7.38. The number of sulfonamides is 1. The SMILES string of the molecule is CC[C@@H](C)NC(=O)[C@H](C)N(Cc1cccc(Br)c1)C(=O)CN(C)S(=O)(=O)c1ccc(C)cc1. The fraction of sp³-hybridized carbons (Fsp3) is 0.417. The van der Waals surface area contributed by atoms with E-state index in [1.54, 1.807) is 19.1 Å². The van der Waals surface area contributed by atoms with Crippen LogP contribution in [0.5, 0.6) is 0 Å². The quantitative estimate of drug-likeness (QED) is 0.500. The molecule has 0 fully saturated rings. The zero-order chi connectivity index (χ0) is 24.8. The van der Waals surface area contributed by atoms with E-state index in [4.69, 9.17) is 0 Å².